The summed E-state index contributed by atoms with van der Waals surface area (Å²) in [5, 5.41) is 3.34. The lowest BCUT2D eigenvalue weighted by Gasteiger charge is -2.32. The summed E-state index contributed by atoms with van der Waals surface area (Å²) in [4.78, 5) is 9.34. The Bertz CT molecular complexity index is 373. The van der Waals surface area contributed by atoms with Gasteiger partial charge < -0.3 is 19.5 Å². The Morgan fingerprint density at radius 3 is 2.80 bits per heavy atom. The van der Waals surface area contributed by atoms with Crippen molar-refractivity contribution >= 4 is 0 Å². The van der Waals surface area contributed by atoms with Crippen molar-refractivity contribution in [1.82, 2.24) is 24.7 Å². The molecule has 2 rings (SSSR count). The van der Waals surface area contributed by atoms with E-state index in [1.165, 1.54) is 26.2 Å². The van der Waals surface area contributed by atoms with Gasteiger partial charge in [-0.3, -0.25) is 4.90 Å². The summed E-state index contributed by atoms with van der Waals surface area (Å²) in [6, 6.07) is 0. The first-order valence-electron chi connectivity index (χ1n) is 7.40. The molecule has 1 fully saturated rings. The van der Waals surface area contributed by atoms with Crippen LogP contribution >= 0.6 is 0 Å². The molecular formula is C14H27N5O. The van der Waals surface area contributed by atoms with E-state index >= 15 is 0 Å². The summed E-state index contributed by atoms with van der Waals surface area (Å²) in [7, 11) is 3.91. The van der Waals surface area contributed by atoms with Gasteiger partial charge in [0.05, 0.1) is 13.2 Å². The fourth-order valence-corrected chi connectivity index (χ4v) is 2.41. The molecule has 1 N–H and O–H groups in total. The highest BCUT2D eigenvalue weighted by Gasteiger charge is 2.13. The highest BCUT2D eigenvalue weighted by Crippen LogP contribution is 2.02. The Labute approximate surface area is 121 Å². The molecule has 0 atom stereocenters. The normalized spacial score (nSPS) is 17.7. The Morgan fingerprint density at radius 1 is 1.25 bits per heavy atom. The summed E-state index contributed by atoms with van der Waals surface area (Å²) in [6.07, 6.45) is 3.96. The summed E-state index contributed by atoms with van der Waals surface area (Å²) >= 11 is 0. The molecule has 0 amide bonds. The van der Waals surface area contributed by atoms with Gasteiger partial charge in [-0.25, -0.2) is 4.98 Å². The Kier molecular flexibility index (Phi) is 6.46. The zero-order chi connectivity index (χ0) is 14.2. The third-order valence-corrected chi connectivity index (χ3v) is 3.82. The quantitative estimate of drug-likeness (QED) is 0.673. The molecule has 114 valence electrons. The number of nitrogens with one attached hydrogen (secondary N) is 1. The van der Waals surface area contributed by atoms with E-state index in [1.54, 1.807) is 7.11 Å². The lowest BCUT2D eigenvalue weighted by atomic mass is 10.3. The highest BCUT2D eigenvalue weighted by molar-refractivity contribution is 4.92. The largest absolute Gasteiger partial charge is 0.383 e. The molecule has 0 spiro atoms. The van der Waals surface area contributed by atoms with Gasteiger partial charge in [0.1, 0.15) is 5.82 Å². The van der Waals surface area contributed by atoms with Crippen LogP contribution in [0, 0.1) is 0 Å². The molecule has 20 heavy (non-hydrogen) atoms. The Hall–Kier alpha value is -0.950. The van der Waals surface area contributed by atoms with Crippen LogP contribution in [0.1, 0.15) is 5.82 Å². The van der Waals surface area contributed by atoms with Crippen molar-refractivity contribution in [2.24, 2.45) is 0 Å². The van der Waals surface area contributed by atoms with Gasteiger partial charge in [-0.1, -0.05) is 0 Å². The van der Waals surface area contributed by atoms with Gasteiger partial charge in [0.2, 0.25) is 0 Å². The number of likely N-dealkylation sites (N-methyl/N-ethyl adjacent to an activating group) is 1. The van der Waals surface area contributed by atoms with Crippen LogP contribution in [0.2, 0.25) is 0 Å². The van der Waals surface area contributed by atoms with Crippen molar-refractivity contribution in [2.75, 3.05) is 60.0 Å². The fourth-order valence-electron chi connectivity index (χ4n) is 2.41. The average molecular weight is 281 g/mol. The van der Waals surface area contributed by atoms with Crippen molar-refractivity contribution < 1.29 is 4.74 Å². The van der Waals surface area contributed by atoms with E-state index in [9.17, 15) is 0 Å². The van der Waals surface area contributed by atoms with Crippen LogP contribution in [-0.2, 0) is 17.8 Å². The predicted molar refractivity (Wildman–Crippen MR) is 79.7 cm³/mol. The van der Waals surface area contributed by atoms with E-state index in [0.29, 0.717) is 0 Å². The first-order valence-corrected chi connectivity index (χ1v) is 7.40. The number of rotatable bonds is 8. The maximum atomic E-state index is 5.03. The topological polar surface area (TPSA) is 45.6 Å². The molecule has 1 aliphatic heterocycles. The standard InChI is InChI=1S/C14H27N5O/c1-17-6-8-18(9-7-17)10-11-19-5-3-16-14(19)13-15-4-12-20-2/h3,5,15H,4,6-13H2,1-2H3. The molecule has 0 unspecified atom stereocenters. The summed E-state index contributed by atoms with van der Waals surface area (Å²) in [5.41, 5.74) is 0. The third-order valence-electron chi connectivity index (χ3n) is 3.82. The smallest absolute Gasteiger partial charge is 0.122 e. The lowest BCUT2D eigenvalue weighted by molar-refractivity contribution is 0.149. The van der Waals surface area contributed by atoms with E-state index in [-0.39, 0.29) is 0 Å². The first kappa shape index (κ1) is 15.4. The first-order chi connectivity index (χ1) is 9.79. The van der Waals surface area contributed by atoms with Gasteiger partial charge in [-0.15, -0.1) is 0 Å². The predicted octanol–water partition coefficient (Wildman–Crippen LogP) is -0.133. The van der Waals surface area contributed by atoms with Crippen molar-refractivity contribution in [3.63, 3.8) is 0 Å². The van der Waals surface area contributed by atoms with Crippen molar-refractivity contribution in [2.45, 2.75) is 13.1 Å². The Balaban J connectivity index is 1.71. The molecule has 0 saturated carbocycles. The van der Waals surface area contributed by atoms with Crippen molar-refractivity contribution in [3.05, 3.63) is 18.2 Å². The van der Waals surface area contributed by atoms with Gasteiger partial charge in [-0.2, -0.15) is 0 Å². The summed E-state index contributed by atoms with van der Waals surface area (Å²) in [6.45, 7) is 9.23. The van der Waals surface area contributed by atoms with E-state index in [2.05, 4.69) is 37.9 Å². The van der Waals surface area contributed by atoms with Crippen LogP contribution in [0.25, 0.3) is 0 Å². The monoisotopic (exact) mass is 281 g/mol. The second-order valence-electron chi connectivity index (χ2n) is 5.35. The number of hydrogen-bond donors (Lipinski definition) is 1. The van der Waals surface area contributed by atoms with Crippen LogP contribution in [0.3, 0.4) is 0 Å². The molecule has 0 radical (unpaired) electrons. The zero-order valence-electron chi connectivity index (χ0n) is 12.7. The number of aromatic nitrogens is 2. The Morgan fingerprint density at radius 2 is 2.05 bits per heavy atom. The SMILES string of the molecule is COCCNCc1nccn1CCN1CCN(C)CC1. The van der Waals surface area contributed by atoms with Crippen molar-refractivity contribution in [1.29, 1.82) is 0 Å². The number of methoxy groups -OCH3 is 1. The zero-order valence-corrected chi connectivity index (χ0v) is 12.7. The summed E-state index contributed by atoms with van der Waals surface area (Å²) < 4.78 is 7.27. The molecule has 1 aromatic rings. The maximum Gasteiger partial charge on any atom is 0.122 e. The minimum Gasteiger partial charge on any atom is -0.383 e. The molecule has 1 saturated heterocycles. The molecule has 2 heterocycles. The van der Waals surface area contributed by atoms with Crippen LogP contribution in [0.4, 0.5) is 0 Å². The van der Waals surface area contributed by atoms with Gasteiger partial charge in [0.25, 0.3) is 0 Å². The number of nitrogens with zero attached hydrogens (tertiary/aromatic N) is 4. The molecule has 6 nitrogen and oxygen atoms in total. The van der Waals surface area contributed by atoms with Gasteiger partial charge in [0, 0.05) is 65.3 Å². The van der Waals surface area contributed by atoms with E-state index in [0.717, 1.165) is 38.6 Å². The third kappa shape index (κ3) is 4.86. The second kappa shape index (κ2) is 8.36. The fraction of sp³-hybridized carbons (Fsp3) is 0.786. The molecule has 6 heteroatoms. The molecule has 1 aliphatic rings. The minimum absolute atomic E-state index is 0.738. The molecular weight excluding hydrogens is 254 g/mol. The van der Waals surface area contributed by atoms with Gasteiger partial charge in [-0.05, 0) is 7.05 Å². The average Bonchev–Trinajstić information content (AvgIpc) is 2.90. The molecule has 0 bridgehead atoms. The maximum absolute atomic E-state index is 5.03. The number of ether oxygens (including phenoxy) is 1. The molecule has 0 aliphatic carbocycles. The minimum atomic E-state index is 0.738. The van der Waals surface area contributed by atoms with Crippen molar-refractivity contribution in [3.8, 4) is 0 Å². The number of imidazole rings is 1. The summed E-state index contributed by atoms with van der Waals surface area (Å²) in [5.74, 6) is 1.11. The highest BCUT2D eigenvalue weighted by atomic mass is 16.5. The number of piperazine rings is 1. The molecule has 1 aromatic heterocycles. The molecule has 0 aromatic carbocycles. The van der Waals surface area contributed by atoms with E-state index in [1.807, 2.05) is 6.20 Å². The van der Waals surface area contributed by atoms with Crippen LogP contribution < -0.4 is 5.32 Å². The van der Waals surface area contributed by atoms with Gasteiger partial charge in [0.15, 0.2) is 0 Å². The van der Waals surface area contributed by atoms with Gasteiger partial charge >= 0.3 is 0 Å². The van der Waals surface area contributed by atoms with E-state index in [4.69, 9.17) is 4.74 Å². The van der Waals surface area contributed by atoms with Crippen LogP contribution in [0.15, 0.2) is 12.4 Å². The van der Waals surface area contributed by atoms with Crippen LogP contribution in [-0.4, -0.2) is 79.4 Å². The number of hydrogen-bond acceptors (Lipinski definition) is 5. The second-order valence-corrected chi connectivity index (χ2v) is 5.35. The van der Waals surface area contributed by atoms with E-state index < -0.39 is 0 Å². The van der Waals surface area contributed by atoms with Crippen LogP contribution in [0.5, 0.6) is 0 Å². The lowest BCUT2D eigenvalue weighted by Crippen LogP contribution is -2.45.